The van der Waals surface area contributed by atoms with E-state index in [1.807, 2.05) is 0 Å². The molecule has 1 aliphatic carbocycles. The summed E-state index contributed by atoms with van der Waals surface area (Å²) in [7, 11) is 0. The van der Waals surface area contributed by atoms with E-state index in [0.29, 0.717) is 17.6 Å². The van der Waals surface area contributed by atoms with Gasteiger partial charge in [0.05, 0.1) is 15.7 Å². The molecule has 1 heterocycles. The van der Waals surface area contributed by atoms with Gasteiger partial charge in [0.2, 0.25) is 0 Å². The van der Waals surface area contributed by atoms with Crippen LogP contribution in [0.2, 0.25) is 0 Å². The number of anilines is 1. The molecule has 0 aromatic heterocycles. The van der Waals surface area contributed by atoms with Gasteiger partial charge >= 0.3 is 5.97 Å². The smallest absolute Gasteiger partial charge is 0.336 e. The summed E-state index contributed by atoms with van der Waals surface area (Å²) in [6.07, 6.45) is 7.14. The minimum atomic E-state index is -1.11. The lowest BCUT2D eigenvalue weighted by molar-refractivity contribution is 0.0695. The largest absolute Gasteiger partial charge is 0.478 e. The summed E-state index contributed by atoms with van der Waals surface area (Å²) in [5.41, 5.74) is 0.525. The van der Waals surface area contributed by atoms with Gasteiger partial charge in [-0.2, -0.15) is 0 Å². The second kappa shape index (κ2) is 5.95. The molecule has 1 N–H and O–H groups in total. The molecule has 0 bridgehead atoms. The first-order valence-corrected chi connectivity index (χ1v) is 8.37. The highest BCUT2D eigenvalue weighted by Crippen LogP contribution is 2.40. The van der Waals surface area contributed by atoms with E-state index in [-0.39, 0.29) is 10.0 Å². The first-order chi connectivity index (χ1) is 10.1. The fourth-order valence-electron chi connectivity index (χ4n) is 3.85. The minimum absolute atomic E-state index is 0.0200. The molecule has 5 heteroatoms. The van der Waals surface area contributed by atoms with Crippen molar-refractivity contribution in [1.82, 2.24) is 0 Å². The second-order valence-electron chi connectivity index (χ2n) is 6.01. The molecule has 3 nitrogen and oxygen atoms in total. The first kappa shape index (κ1) is 14.8. The molecule has 0 radical (unpaired) electrons. The van der Waals surface area contributed by atoms with Crippen LogP contribution in [0, 0.1) is 11.7 Å². The van der Waals surface area contributed by atoms with Gasteiger partial charge in [-0.25, -0.2) is 9.18 Å². The van der Waals surface area contributed by atoms with E-state index in [4.69, 9.17) is 5.11 Å². The summed E-state index contributed by atoms with van der Waals surface area (Å²) in [6, 6.07) is 3.53. The van der Waals surface area contributed by atoms with Crippen LogP contribution in [-0.2, 0) is 0 Å². The Labute approximate surface area is 132 Å². The molecule has 1 saturated heterocycles. The number of hydrogen-bond acceptors (Lipinski definition) is 2. The number of hydrogen-bond donors (Lipinski definition) is 1. The standard InChI is InChI=1S/C16H19BrFNO2/c17-14-11(16(20)21)7-8-13(15(14)18)19-9-3-5-10-4-1-2-6-12(10)19/h7-8,10,12H,1-6,9H2,(H,20,21). The minimum Gasteiger partial charge on any atom is -0.478 e. The Balaban J connectivity index is 1.95. The van der Waals surface area contributed by atoms with Gasteiger partial charge in [-0.15, -0.1) is 0 Å². The van der Waals surface area contributed by atoms with Crippen LogP contribution < -0.4 is 4.90 Å². The maximum Gasteiger partial charge on any atom is 0.336 e. The lowest BCUT2D eigenvalue weighted by Crippen LogP contribution is -2.47. The molecule has 2 aliphatic rings. The molecule has 114 valence electrons. The summed E-state index contributed by atoms with van der Waals surface area (Å²) >= 11 is 3.10. The fraction of sp³-hybridized carbons (Fsp3) is 0.562. The zero-order chi connectivity index (χ0) is 15.0. The highest BCUT2D eigenvalue weighted by atomic mass is 79.9. The predicted octanol–water partition coefficient (Wildman–Crippen LogP) is 4.45. The number of aromatic carboxylic acids is 1. The van der Waals surface area contributed by atoms with Gasteiger partial charge in [0.15, 0.2) is 5.82 Å². The Morgan fingerprint density at radius 1 is 1.24 bits per heavy atom. The number of fused-ring (bicyclic) bond motifs is 1. The average Bonchev–Trinajstić information content (AvgIpc) is 2.49. The average molecular weight is 356 g/mol. The zero-order valence-corrected chi connectivity index (χ0v) is 13.4. The van der Waals surface area contributed by atoms with Crippen molar-refractivity contribution in [2.45, 2.75) is 44.6 Å². The molecule has 1 aromatic carbocycles. The van der Waals surface area contributed by atoms with Crippen molar-refractivity contribution in [3.05, 3.63) is 28.0 Å². The highest BCUT2D eigenvalue weighted by Gasteiger charge is 2.34. The van der Waals surface area contributed by atoms with Crippen LogP contribution in [0.4, 0.5) is 10.1 Å². The monoisotopic (exact) mass is 355 g/mol. The van der Waals surface area contributed by atoms with Gasteiger partial charge < -0.3 is 10.0 Å². The Morgan fingerprint density at radius 2 is 1.95 bits per heavy atom. The molecule has 3 rings (SSSR count). The van der Waals surface area contributed by atoms with Crippen molar-refractivity contribution in [3.63, 3.8) is 0 Å². The van der Waals surface area contributed by atoms with E-state index in [1.54, 1.807) is 6.07 Å². The van der Waals surface area contributed by atoms with Crippen LogP contribution in [0.15, 0.2) is 16.6 Å². The molecule has 21 heavy (non-hydrogen) atoms. The Bertz CT molecular complexity index is 561. The lowest BCUT2D eigenvalue weighted by Gasteiger charge is -2.45. The molecule has 2 unspecified atom stereocenters. The van der Waals surface area contributed by atoms with Gasteiger partial charge in [-0.3, -0.25) is 0 Å². The summed E-state index contributed by atoms with van der Waals surface area (Å²) in [6.45, 7) is 0.858. The van der Waals surface area contributed by atoms with E-state index < -0.39 is 11.8 Å². The van der Waals surface area contributed by atoms with Crippen molar-refractivity contribution in [2.75, 3.05) is 11.4 Å². The van der Waals surface area contributed by atoms with Crippen molar-refractivity contribution < 1.29 is 14.3 Å². The quantitative estimate of drug-likeness (QED) is 0.851. The van der Waals surface area contributed by atoms with Gasteiger partial charge in [0.1, 0.15) is 0 Å². The molecule has 2 fully saturated rings. The third-order valence-corrected chi connectivity index (χ3v) is 5.62. The molecule has 0 spiro atoms. The molecular formula is C16H19BrFNO2. The number of piperidine rings is 1. The summed E-state index contributed by atoms with van der Waals surface area (Å²) in [5, 5.41) is 9.07. The maximum absolute atomic E-state index is 14.6. The molecule has 2 atom stereocenters. The van der Waals surface area contributed by atoms with E-state index in [2.05, 4.69) is 20.8 Å². The van der Waals surface area contributed by atoms with Crippen LogP contribution in [-0.4, -0.2) is 23.7 Å². The second-order valence-corrected chi connectivity index (χ2v) is 6.81. The third kappa shape index (κ3) is 2.68. The third-order valence-electron chi connectivity index (χ3n) is 4.84. The first-order valence-electron chi connectivity index (χ1n) is 7.57. The van der Waals surface area contributed by atoms with Crippen LogP contribution in [0.1, 0.15) is 48.9 Å². The van der Waals surface area contributed by atoms with Crippen LogP contribution in [0.25, 0.3) is 0 Å². The Kier molecular flexibility index (Phi) is 4.20. The molecule has 1 saturated carbocycles. The van der Waals surface area contributed by atoms with Crippen LogP contribution in [0.5, 0.6) is 0 Å². The van der Waals surface area contributed by atoms with E-state index in [9.17, 15) is 9.18 Å². The number of rotatable bonds is 2. The Hall–Kier alpha value is -1.10. The van der Waals surface area contributed by atoms with Crippen molar-refractivity contribution >= 4 is 27.6 Å². The molecule has 1 aliphatic heterocycles. The van der Waals surface area contributed by atoms with E-state index >= 15 is 0 Å². The highest BCUT2D eigenvalue weighted by molar-refractivity contribution is 9.10. The molecular weight excluding hydrogens is 337 g/mol. The van der Waals surface area contributed by atoms with E-state index in [0.717, 1.165) is 19.4 Å². The normalized spacial score (nSPS) is 25.5. The Morgan fingerprint density at radius 3 is 2.71 bits per heavy atom. The van der Waals surface area contributed by atoms with Crippen LogP contribution >= 0.6 is 15.9 Å². The topological polar surface area (TPSA) is 40.5 Å². The lowest BCUT2D eigenvalue weighted by atomic mass is 9.78. The number of carboxylic acids is 1. The maximum atomic E-state index is 14.6. The summed E-state index contributed by atoms with van der Waals surface area (Å²) in [4.78, 5) is 13.2. The van der Waals surface area contributed by atoms with E-state index in [1.165, 1.54) is 31.7 Å². The molecule has 0 amide bonds. The van der Waals surface area contributed by atoms with Crippen LogP contribution in [0.3, 0.4) is 0 Å². The van der Waals surface area contributed by atoms with Crippen molar-refractivity contribution in [3.8, 4) is 0 Å². The SMILES string of the molecule is O=C(O)c1ccc(N2CCCC3CCCCC32)c(F)c1Br. The number of carboxylic acid groups (broad SMARTS) is 1. The van der Waals surface area contributed by atoms with Gasteiger partial charge in [0, 0.05) is 12.6 Å². The summed E-state index contributed by atoms with van der Waals surface area (Å²) < 4.78 is 14.7. The van der Waals surface area contributed by atoms with Gasteiger partial charge in [0.25, 0.3) is 0 Å². The predicted molar refractivity (Wildman–Crippen MR) is 83.4 cm³/mol. The summed E-state index contributed by atoms with van der Waals surface area (Å²) in [5.74, 6) is -0.896. The number of nitrogens with zero attached hydrogens (tertiary/aromatic N) is 1. The zero-order valence-electron chi connectivity index (χ0n) is 11.8. The number of benzene rings is 1. The van der Waals surface area contributed by atoms with Gasteiger partial charge in [-0.1, -0.05) is 12.8 Å². The van der Waals surface area contributed by atoms with Crippen molar-refractivity contribution in [1.29, 1.82) is 0 Å². The van der Waals surface area contributed by atoms with Crippen molar-refractivity contribution in [2.24, 2.45) is 5.92 Å². The fourth-order valence-corrected chi connectivity index (χ4v) is 4.36. The number of halogens is 2. The molecule has 1 aromatic rings. The number of carbonyl (C=O) groups is 1. The van der Waals surface area contributed by atoms with Gasteiger partial charge in [-0.05, 0) is 59.7 Å².